The van der Waals surface area contributed by atoms with Gasteiger partial charge in [-0.2, -0.15) is 0 Å². The third-order valence-corrected chi connectivity index (χ3v) is 2.72. The van der Waals surface area contributed by atoms with Gasteiger partial charge in [0.05, 0.1) is 0 Å². The van der Waals surface area contributed by atoms with E-state index in [2.05, 4.69) is 15.1 Å². The van der Waals surface area contributed by atoms with Crippen LogP contribution in [0.5, 0.6) is 0 Å². The van der Waals surface area contributed by atoms with E-state index >= 15 is 0 Å². The molecule has 0 radical (unpaired) electrons. The van der Waals surface area contributed by atoms with Crippen molar-refractivity contribution in [1.82, 2.24) is 9.97 Å². The Morgan fingerprint density at radius 1 is 1.37 bits per heavy atom. The van der Waals surface area contributed by atoms with Crippen LogP contribution < -0.4 is 10.6 Å². The van der Waals surface area contributed by atoms with Crippen LogP contribution in [0.4, 0.5) is 11.6 Å². The molecule has 0 aliphatic rings. The second-order valence-corrected chi connectivity index (χ2v) is 4.09. The van der Waals surface area contributed by atoms with Crippen LogP contribution in [-0.4, -0.2) is 28.1 Å². The number of benzene rings is 1. The molecule has 6 nitrogen and oxygen atoms in total. The van der Waals surface area contributed by atoms with E-state index < -0.39 is 0 Å². The molecule has 1 aromatic carbocycles. The van der Waals surface area contributed by atoms with Gasteiger partial charge >= 0.3 is 0 Å². The molecule has 0 spiro atoms. The first-order valence-corrected chi connectivity index (χ1v) is 5.73. The van der Waals surface area contributed by atoms with Crippen LogP contribution in [0.15, 0.2) is 41.7 Å². The van der Waals surface area contributed by atoms with Gasteiger partial charge in [-0.3, -0.25) is 0 Å². The first-order valence-electron chi connectivity index (χ1n) is 5.73. The van der Waals surface area contributed by atoms with Crippen molar-refractivity contribution in [3.63, 3.8) is 0 Å². The highest BCUT2D eigenvalue weighted by molar-refractivity contribution is 5.97. The maximum absolute atomic E-state index is 8.70. The van der Waals surface area contributed by atoms with E-state index in [1.54, 1.807) is 18.3 Å². The quantitative estimate of drug-likeness (QED) is 0.378. The summed E-state index contributed by atoms with van der Waals surface area (Å²) in [6, 6.07) is 9.14. The Labute approximate surface area is 111 Å². The Hall–Kier alpha value is -2.63. The van der Waals surface area contributed by atoms with E-state index in [-0.39, 0.29) is 5.84 Å². The molecule has 19 heavy (non-hydrogen) atoms. The van der Waals surface area contributed by atoms with Crippen molar-refractivity contribution in [2.24, 2.45) is 10.9 Å². The van der Waals surface area contributed by atoms with E-state index in [1.165, 1.54) is 0 Å². The molecule has 1 heterocycles. The number of hydrogen-bond acceptors (Lipinski definition) is 5. The third-order valence-electron chi connectivity index (χ3n) is 2.72. The Bertz CT molecular complexity index is 611. The lowest BCUT2D eigenvalue weighted by Gasteiger charge is -2.17. The first-order chi connectivity index (χ1) is 9.11. The lowest BCUT2D eigenvalue weighted by atomic mass is 10.2. The zero-order chi connectivity index (χ0) is 13.8. The van der Waals surface area contributed by atoms with Crippen LogP contribution >= 0.6 is 0 Å². The van der Waals surface area contributed by atoms with Crippen molar-refractivity contribution in [3.05, 3.63) is 47.8 Å². The Morgan fingerprint density at radius 2 is 2.16 bits per heavy atom. The lowest BCUT2D eigenvalue weighted by Crippen LogP contribution is -2.16. The number of amidine groups is 1. The van der Waals surface area contributed by atoms with Crippen molar-refractivity contribution >= 4 is 17.5 Å². The van der Waals surface area contributed by atoms with Gasteiger partial charge in [-0.1, -0.05) is 17.3 Å². The van der Waals surface area contributed by atoms with Gasteiger partial charge in [0.25, 0.3) is 0 Å². The van der Waals surface area contributed by atoms with Crippen LogP contribution in [0.1, 0.15) is 11.3 Å². The minimum absolute atomic E-state index is 0.0698. The number of rotatable bonds is 3. The van der Waals surface area contributed by atoms with Gasteiger partial charge in [0.1, 0.15) is 0 Å². The fraction of sp³-hybridized carbons (Fsp3) is 0.154. The van der Waals surface area contributed by atoms with Crippen molar-refractivity contribution in [1.29, 1.82) is 0 Å². The van der Waals surface area contributed by atoms with Crippen molar-refractivity contribution in [2.75, 3.05) is 11.9 Å². The molecule has 0 bridgehead atoms. The molecule has 2 aromatic rings. The molecule has 0 saturated carbocycles. The second-order valence-electron chi connectivity index (χ2n) is 4.09. The molecule has 0 saturated heterocycles. The summed E-state index contributed by atoms with van der Waals surface area (Å²) in [6.07, 6.45) is 1.71. The summed E-state index contributed by atoms with van der Waals surface area (Å²) in [5.41, 5.74) is 7.96. The molecule has 0 fully saturated rings. The minimum Gasteiger partial charge on any atom is -0.409 e. The minimum atomic E-state index is 0.0698. The normalized spacial score (nSPS) is 11.4. The van der Waals surface area contributed by atoms with E-state index in [0.29, 0.717) is 11.5 Å². The first kappa shape index (κ1) is 12.8. The van der Waals surface area contributed by atoms with Crippen LogP contribution in [-0.2, 0) is 0 Å². The number of hydrogen-bond donors (Lipinski definition) is 2. The smallest absolute Gasteiger partial charge is 0.229 e. The van der Waals surface area contributed by atoms with Gasteiger partial charge in [0.15, 0.2) is 5.84 Å². The van der Waals surface area contributed by atoms with E-state index in [9.17, 15) is 0 Å². The summed E-state index contributed by atoms with van der Waals surface area (Å²) in [5.74, 6) is 0.664. The molecule has 0 aliphatic carbocycles. The van der Waals surface area contributed by atoms with Gasteiger partial charge in [-0.25, -0.2) is 9.97 Å². The second kappa shape index (κ2) is 5.34. The average Bonchev–Trinajstić information content (AvgIpc) is 2.45. The molecule has 1 aromatic heterocycles. The highest BCUT2D eigenvalue weighted by atomic mass is 16.4. The summed E-state index contributed by atoms with van der Waals surface area (Å²) < 4.78 is 0. The van der Waals surface area contributed by atoms with Gasteiger partial charge in [-0.05, 0) is 25.1 Å². The Balaban J connectivity index is 2.36. The third kappa shape index (κ3) is 2.79. The van der Waals surface area contributed by atoms with Crippen molar-refractivity contribution < 1.29 is 5.21 Å². The van der Waals surface area contributed by atoms with Gasteiger partial charge in [0, 0.05) is 30.2 Å². The average molecular weight is 257 g/mol. The number of oxime groups is 1. The molecule has 3 N–H and O–H groups in total. The number of anilines is 2. The summed E-state index contributed by atoms with van der Waals surface area (Å²) >= 11 is 0. The fourth-order valence-electron chi connectivity index (χ4n) is 1.64. The van der Waals surface area contributed by atoms with Crippen LogP contribution in [0.3, 0.4) is 0 Å². The number of aromatic nitrogens is 2. The lowest BCUT2D eigenvalue weighted by molar-refractivity contribution is 0.318. The summed E-state index contributed by atoms with van der Waals surface area (Å²) in [6.45, 7) is 1.91. The molecule has 0 unspecified atom stereocenters. The predicted molar refractivity (Wildman–Crippen MR) is 73.8 cm³/mol. The number of aryl methyl sites for hydroxylation is 1. The fourth-order valence-corrected chi connectivity index (χ4v) is 1.64. The zero-order valence-corrected chi connectivity index (χ0v) is 10.8. The monoisotopic (exact) mass is 257 g/mol. The topological polar surface area (TPSA) is 87.6 Å². The Morgan fingerprint density at radius 3 is 2.84 bits per heavy atom. The maximum Gasteiger partial charge on any atom is 0.229 e. The van der Waals surface area contributed by atoms with E-state index in [1.807, 2.05) is 37.1 Å². The van der Waals surface area contributed by atoms with Crippen molar-refractivity contribution in [3.8, 4) is 0 Å². The summed E-state index contributed by atoms with van der Waals surface area (Å²) in [5, 5.41) is 11.7. The largest absolute Gasteiger partial charge is 0.409 e. The highest BCUT2D eigenvalue weighted by Gasteiger charge is 2.08. The Kier molecular flexibility index (Phi) is 3.61. The maximum atomic E-state index is 8.70. The highest BCUT2D eigenvalue weighted by Crippen LogP contribution is 2.20. The standard InChI is InChI=1S/C13H15N5O/c1-9-6-7-15-13(16-9)18(2)11-5-3-4-10(8-11)12(14)17-19/h3-8,19H,1-2H3,(H2,14,17). The van der Waals surface area contributed by atoms with Crippen LogP contribution in [0.2, 0.25) is 0 Å². The molecule has 0 amide bonds. The van der Waals surface area contributed by atoms with Crippen LogP contribution in [0, 0.1) is 6.92 Å². The van der Waals surface area contributed by atoms with E-state index in [0.717, 1.165) is 11.4 Å². The van der Waals surface area contributed by atoms with Gasteiger partial charge in [-0.15, -0.1) is 0 Å². The van der Waals surface area contributed by atoms with Crippen LogP contribution in [0.25, 0.3) is 0 Å². The van der Waals surface area contributed by atoms with Crippen molar-refractivity contribution in [2.45, 2.75) is 6.92 Å². The summed E-state index contributed by atoms with van der Waals surface area (Å²) in [4.78, 5) is 10.4. The molecule has 0 atom stereocenters. The van der Waals surface area contributed by atoms with E-state index in [4.69, 9.17) is 10.9 Å². The molecular formula is C13H15N5O. The molecule has 98 valence electrons. The SMILES string of the molecule is Cc1ccnc(N(C)c2cccc(C(N)=NO)c2)n1. The molecular weight excluding hydrogens is 242 g/mol. The van der Waals surface area contributed by atoms with Gasteiger partial charge in [0.2, 0.25) is 5.95 Å². The predicted octanol–water partition coefficient (Wildman–Crippen LogP) is 1.65. The van der Waals surface area contributed by atoms with Gasteiger partial charge < -0.3 is 15.8 Å². The number of nitrogens with two attached hydrogens (primary N) is 1. The summed E-state index contributed by atoms with van der Waals surface area (Å²) in [7, 11) is 1.86. The zero-order valence-electron chi connectivity index (χ0n) is 10.8. The molecule has 6 heteroatoms. The molecule has 2 rings (SSSR count). The molecule has 0 aliphatic heterocycles. The number of nitrogens with zero attached hydrogens (tertiary/aromatic N) is 4.